The van der Waals surface area contributed by atoms with Gasteiger partial charge in [0, 0.05) is 12.5 Å². The van der Waals surface area contributed by atoms with Crippen LogP contribution in [0.1, 0.15) is 26.7 Å². The predicted molar refractivity (Wildman–Crippen MR) is 55.3 cm³/mol. The molecule has 1 N–H and O–H groups in total. The van der Waals surface area contributed by atoms with E-state index in [0.717, 1.165) is 12.8 Å². The molecule has 0 aliphatic carbocycles. The monoisotopic (exact) mass is 216 g/mol. The van der Waals surface area contributed by atoms with E-state index in [9.17, 15) is 4.79 Å². The van der Waals surface area contributed by atoms with E-state index in [1.165, 1.54) is 7.11 Å². The summed E-state index contributed by atoms with van der Waals surface area (Å²) in [5, 5.41) is 9.00. The molecule has 1 rings (SSSR count). The van der Waals surface area contributed by atoms with Gasteiger partial charge in [-0.3, -0.25) is 4.79 Å². The predicted octanol–water partition coefficient (Wildman–Crippen LogP) is 0.971. The molecule has 0 saturated carbocycles. The van der Waals surface area contributed by atoms with E-state index in [-0.39, 0.29) is 36.6 Å². The largest absolute Gasteiger partial charge is 0.469 e. The van der Waals surface area contributed by atoms with Gasteiger partial charge < -0.3 is 14.6 Å². The van der Waals surface area contributed by atoms with Crippen molar-refractivity contribution >= 4 is 5.97 Å². The van der Waals surface area contributed by atoms with E-state index < -0.39 is 0 Å². The molecule has 0 radical (unpaired) electrons. The number of methoxy groups -OCH3 is 1. The normalized spacial score (nSPS) is 29.9. The Morgan fingerprint density at radius 2 is 2.07 bits per heavy atom. The topological polar surface area (TPSA) is 55.8 Å². The van der Waals surface area contributed by atoms with Crippen LogP contribution in [0.15, 0.2) is 0 Å². The van der Waals surface area contributed by atoms with E-state index in [2.05, 4.69) is 4.74 Å². The highest BCUT2D eigenvalue weighted by atomic mass is 16.5. The average Bonchev–Trinajstić information content (AvgIpc) is 2.75. The Labute approximate surface area is 90.6 Å². The highest BCUT2D eigenvalue weighted by molar-refractivity contribution is 5.72. The minimum absolute atomic E-state index is 0.0588. The molecule has 0 aromatic carbocycles. The van der Waals surface area contributed by atoms with Gasteiger partial charge in [-0.15, -0.1) is 0 Å². The Kier molecular flexibility index (Phi) is 4.54. The lowest BCUT2D eigenvalue weighted by Gasteiger charge is -2.20. The molecule has 0 aromatic rings. The first-order valence-electron chi connectivity index (χ1n) is 5.44. The van der Waals surface area contributed by atoms with Gasteiger partial charge in [-0.05, 0) is 19.8 Å². The lowest BCUT2D eigenvalue weighted by Crippen LogP contribution is -2.29. The zero-order chi connectivity index (χ0) is 11.4. The van der Waals surface area contributed by atoms with Gasteiger partial charge in [0.05, 0.1) is 25.2 Å². The van der Waals surface area contributed by atoms with Crippen molar-refractivity contribution in [1.29, 1.82) is 0 Å². The van der Waals surface area contributed by atoms with Gasteiger partial charge in [0.15, 0.2) is 0 Å². The maximum absolute atomic E-state index is 11.3. The number of hydrogen-bond acceptors (Lipinski definition) is 4. The molecule has 0 amide bonds. The smallest absolute Gasteiger partial charge is 0.311 e. The van der Waals surface area contributed by atoms with Gasteiger partial charge in [-0.2, -0.15) is 0 Å². The highest BCUT2D eigenvalue weighted by Crippen LogP contribution is 2.29. The van der Waals surface area contributed by atoms with Crippen molar-refractivity contribution in [3.05, 3.63) is 0 Å². The third-order valence-electron chi connectivity index (χ3n) is 3.14. The fraction of sp³-hybridized carbons (Fsp3) is 0.909. The minimum Gasteiger partial charge on any atom is -0.469 e. The Morgan fingerprint density at radius 3 is 2.60 bits per heavy atom. The summed E-state index contributed by atoms with van der Waals surface area (Å²) >= 11 is 0. The third-order valence-corrected chi connectivity index (χ3v) is 3.14. The number of hydrogen-bond donors (Lipinski definition) is 1. The lowest BCUT2D eigenvalue weighted by atomic mass is 9.99. The molecule has 1 aliphatic rings. The average molecular weight is 216 g/mol. The summed E-state index contributed by atoms with van der Waals surface area (Å²) in [6, 6.07) is 0. The summed E-state index contributed by atoms with van der Waals surface area (Å²) in [5.41, 5.74) is 0. The summed E-state index contributed by atoms with van der Waals surface area (Å²) in [7, 11) is 1.39. The van der Waals surface area contributed by atoms with Crippen molar-refractivity contribution in [3.8, 4) is 0 Å². The van der Waals surface area contributed by atoms with Crippen molar-refractivity contribution in [3.63, 3.8) is 0 Å². The highest BCUT2D eigenvalue weighted by Gasteiger charge is 2.35. The number of aliphatic hydroxyl groups is 1. The Bertz CT molecular complexity index is 217. The summed E-state index contributed by atoms with van der Waals surface area (Å²) < 4.78 is 10.4. The van der Waals surface area contributed by atoms with E-state index in [1.54, 1.807) is 0 Å². The quantitative estimate of drug-likeness (QED) is 0.711. The molecule has 0 bridgehead atoms. The number of carbonyl (C=O) groups excluding carboxylic acids is 1. The van der Waals surface area contributed by atoms with Crippen LogP contribution in [0.4, 0.5) is 0 Å². The van der Waals surface area contributed by atoms with Crippen LogP contribution in [0, 0.1) is 11.8 Å². The molecule has 4 atom stereocenters. The molecule has 88 valence electrons. The van der Waals surface area contributed by atoms with Crippen molar-refractivity contribution in [2.45, 2.75) is 38.9 Å². The van der Waals surface area contributed by atoms with Crippen LogP contribution in [-0.2, 0) is 14.3 Å². The van der Waals surface area contributed by atoms with Crippen LogP contribution in [0.25, 0.3) is 0 Å². The number of carbonyl (C=O) groups is 1. The molecule has 4 heteroatoms. The van der Waals surface area contributed by atoms with Crippen molar-refractivity contribution < 1.29 is 19.4 Å². The number of ether oxygens (including phenoxy) is 2. The number of aliphatic hydroxyl groups excluding tert-OH is 1. The fourth-order valence-corrected chi connectivity index (χ4v) is 1.93. The van der Waals surface area contributed by atoms with Gasteiger partial charge in [0.2, 0.25) is 0 Å². The van der Waals surface area contributed by atoms with Crippen LogP contribution < -0.4 is 0 Å². The Morgan fingerprint density at radius 1 is 1.47 bits per heavy atom. The SMILES string of the molecule is COC(=O)[C@@H](C)[C@H]1CC[C@@H]([C@@H](C)CO)O1. The molecule has 0 aromatic heterocycles. The molecule has 0 unspecified atom stereocenters. The van der Waals surface area contributed by atoms with Crippen molar-refractivity contribution in [2.24, 2.45) is 11.8 Å². The van der Waals surface area contributed by atoms with Crippen molar-refractivity contribution in [2.75, 3.05) is 13.7 Å². The molecular formula is C11H20O4. The molecule has 1 heterocycles. The van der Waals surface area contributed by atoms with E-state index in [1.807, 2.05) is 13.8 Å². The Balaban J connectivity index is 2.45. The maximum Gasteiger partial charge on any atom is 0.311 e. The van der Waals surface area contributed by atoms with Gasteiger partial charge in [-0.1, -0.05) is 6.92 Å². The molecule has 15 heavy (non-hydrogen) atoms. The fourth-order valence-electron chi connectivity index (χ4n) is 1.93. The van der Waals surface area contributed by atoms with E-state index >= 15 is 0 Å². The first-order valence-corrected chi connectivity index (χ1v) is 5.44. The van der Waals surface area contributed by atoms with Crippen LogP contribution in [0.5, 0.6) is 0 Å². The second-order valence-corrected chi connectivity index (χ2v) is 4.26. The molecular weight excluding hydrogens is 196 g/mol. The standard InChI is InChI=1S/C11H20O4/c1-7(6-12)9-4-5-10(15-9)8(2)11(13)14-3/h7-10,12H,4-6H2,1-3H3/t7-,8-,9-,10+/m0/s1. The first-order chi connectivity index (χ1) is 7.10. The van der Waals surface area contributed by atoms with Gasteiger partial charge in [0.25, 0.3) is 0 Å². The van der Waals surface area contributed by atoms with Gasteiger partial charge in [0.1, 0.15) is 0 Å². The Hall–Kier alpha value is -0.610. The lowest BCUT2D eigenvalue weighted by molar-refractivity contribution is -0.150. The third kappa shape index (κ3) is 2.92. The van der Waals surface area contributed by atoms with E-state index in [4.69, 9.17) is 9.84 Å². The summed E-state index contributed by atoms with van der Waals surface area (Å²) in [6.07, 6.45) is 1.79. The summed E-state index contributed by atoms with van der Waals surface area (Å²) in [5.74, 6) is -0.303. The zero-order valence-electron chi connectivity index (χ0n) is 9.60. The molecule has 1 saturated heterocycles. The van der Waals surface area contributed by atoms with Crippen LogP contribution >= 0.6 is 0 Å². The van der Waals surface area contributed by atoms with Crippen LogP contribution in [-0.4, -0.2) is 37.0 Å². The maximum atomic E-state index is 11.3. The second-order valence-electron chi connectivity index (χ2n) is 4.26. The van der Waals surface area contributed by atoms with Crippen molar-refractivity contribution in [1.82, 2.24) is 0 Å². The second kappa shape index (κ2) is 5.47. The summed E-state index contributed by atoms with van der Waals surface area (Å²) in [4.78, 5) is 11.3. The first kappa shape index (κ1) is 12.5. The molecule has 0 spiro atoms. The molecule has 1 aliphatic heterocycles. The zero-order valence-corrected chi connectivity index (χ0v) is 9.60. The molecule has 4 nitrogen and oxygen atoms in total. The van der Waals surface area contributed by atoms with Gasteiger partial charge >= 0.3 is 5.97 Å². The number of esters is 1. The van der Waals surface area contributed by atoms with Gasteiger partial charge in [-0.25, -0.2) is 0 Å². The summed E-state index contributed by atoms with van der Waals surface area (Å²) in [6.45, 7) is 3.91. The number of rotatable bonds is 4. The van der Waals surface area contributed by atoms with Crippen LogP contribution in [0.3, 0.4) is 0 Å². The molecule has 1 fully saturated rings. The minimum atomic E-state index is -0.225. The van der Waals surface area contributed by atoms with E-state index in [0.29, 0.717) is 0 Å². The van der Waals surface area contributed by atoms with Crippen LogP contribution in [0.2, 0.25) is 0 Å².